The van der Waals surface area contributed by atoms with Gasteiger partial charge in [0.1, 0.15) is 5.75 Å². The van der Waals surface area contributed by atoms with E-state index in [0.717, 1.165) is 11.4 Å². The van der Waals surface area contributed by atoms with Crippen LogP contribution in [0, 0.1) is 0 Å². The topological polar surface area (TPSA) is 21.3 Å². The van der Waals surface area contributed by atoms with Crippen molar-refractivity contribution in [3.05, 3.63) is 23.2 Å². The predicted octanol–water partition coefficient (Wildman–Crippen LogP) is 3.56. The van der Waals surface area contributed by atoms with Crippen LogP contribution in [-0.4, -0.2) is 12.6 Å². The van der Waals surface area contributed by atoms with Crippen LogP contribution < -0.4 is 10.1 Å². The third-order valence-corrected chi connectivity index (χ3v) is 2.01. The minimum Gasteiger partial charge on any atom is -0.497 e. The van der Waals surface area contributed by atoms with Gasteiger partial charge >= 0.3 is 0 Å². The van der Waals surface area contributed by atoms with Gasteiger partial charge in [0.25, 0.3) is 0 Å². The van der Waals surface area contributed by atoms with E-state index in [1.807, 2.05) is 18.2 Å². The lowest BCUT2D eigenvalue weighted by Crippen LogP contribution is -2.26. The minimum absolute atomic E-state index is 0.00396. The molecule has 2 nitrogen and oxygen atoms in total. The molecular formula is C11H16ClNO. The van der Waals surface area contributed by atoms with Crippen LogP contribution in [0.15, 0.2) is 18.2 Å². The summed E-state index contributed by atoms with van der Waals surface area (Å²) in [6.45, 7) is 6.26. The minimum atomic E-state index is -0.00396. The van der Waals surface area contributed by atoms with E-state index in [1.165, 1.54) is 0 Å². The highest BCUT2D eigenvalue weighted by Gasteiger charge is 2.11. The zero-order valence-electron chi connectivity index (χ0n) is 9.02. The lowest BCUT2D eigenvalue weighted by atomic mass is 10.1. The van der Waals surface area contributed by atoms with E-state index in [4.69, 9.17) is 16.3 Å². The first-order valence-electron chi connectivity index (χ1n) is 4.54. The Labute approximate surface area is 90.2 Å². The molecule has 3 heteroatoms. The maximum absolute atomic E-state index is 6.04. The van der Waals surface area contributed by atoms with Crippen molar-refractivity contribution < 1.29 is 4.74 Å². The molecule has 0 aliphatic heterocycles. The Morgan fingerprint density at radius 1 is 1.29 bits per heavy atom. The van der Waals surface area contributed by atoms with Crippen molar-refractivity contribution in [2.75, 3.05) is 12.4 Å². The normalized spacial score (nSPS) is 11.2. The summed E-state index contributed by atoms with van der Waals surface area (Å²) in [6.07, 6.45) is 0. The van der Waals surface area contributed by atoms with Crippen LogP contribution >= 0.6 is 11.6 Å². The molecule has 0 bridgehead atoms. The zero-order chi connectivity index (χ0) is 10.8. The summed E-state index contributed by atoms with van der Waals surface area (Å²) < 4.78 is 5.13. The van der Waals surface area contributed by atoms with Gasteiger partial charge in [-0.25, -0.2) is 0 Å². The SMILES string of the molecule is COc1ccc(Cl)c(NC(C)(C)C)c1. The van der Waals surface area contributed by atoms with Crippen LogP contribution in [0.2, 0.25) is 5.02 Å². The fourth-order valence-corrected chi connectivity index (χ4v) is 1.30. The summed E-state index contributed by atoms with van der Waals surface area (Å²) in [7, 11) is 1.64. The van der Waals surface area contributed by atoms with E-state index in [1.54, 1.807) is 7.11 Å². The Morgan fingerprint density at radius 2 is 1.93 bits per heavy atom. The summed E-state index contributed by atoms with van der Waals surface area (Å²) in [5.41, 5.74) is 0.897. The van der Waals surface area contributed by atoms with E-state index in [9.17, 15) is 0 Å². The molecule has 0 atom stereocenters. The zero-order valence-corrected chi connectivity index (χ0v) is 9.77. The Kier molecular flexibility index (Phi) is 3.27. The summed E-state index contributed by atoms with van der Waals surface area (Å²) in [4.78, 5) is 0. The van der Waals surface area contributed by atoms with Gasteiger partial charge in [0.05, 0.1) is 17.8 Å². The first kappa shape index (κ1) is 11.2. The average molecular weight is 214 g/mol. The van der Waals surface area contributed by atoms with E-state index >= 15 is 0 Å². The quantitative estimate of drug-likeness (QED) is 0.811. The summed E-state index contributed by atoms with van der Waals surface area (Å²) in [5, 5.41) is 4.02. The van der Waals surface area contributed by atoms with E-state index in [0.29, 0.717) is 5.02 Å². The van der Waals surface area contributed by atoms with Crippen molar-refractivity contribution in [2.45, 2.75) is 26.3 Å². The van der Waals surface area contributed by atoms with Gasteiger partial charge in [0.2, 0.25) is 0 Å². The van der Waals surface area contributed by atoms with Gasteiger partial charge in [-0.3, -0.25) is 0 Å². The van der Waals surface area contributed by atoms with Crippen LogP contribution in [0.4, 0.5) is 5.69 Å². The van der Waals surface area contributed by atoms with Crippen LogP contribution in [0.25, 0.3) is 0 Å². The second-order valence-electron chi connectivity index (χ2n) is 4.22. The largest absolute Gasteiger partial charge is 0.497 e. The molecule has 0 saturated heterocycles. The number of nitrogens with one attached hydrogen (secondary N) is 1. The molecule has 0 heterocycles. The van der Waals surface area contributed by atoms with Crippen molar-refractivity contribution >= 4 is 17.3 Å². The standard InChI is InChI=1S/C11H16ClNO/c1-11(2,3)13-10-7-8(14-4)5-6-9(10)12/h5-7,13H,1-4H3. The van der Waals surface area contributed by atoms with Crippen molar-refractivity contribution in [3.8, 4) is 5.75 Å². The molecule has 0 aliphatic carbocycles. The highest BCUT2D eigenvalue weighted by Crippen LogP contribution is 2.28. The summed E-state index contributed by atoms with van der Waals surface area (Å²) >= 11 is 6.04. The number of benzene rings is 1. The highest BCUT2D eigenvalue weighted by molar-refractivity contribution is 6.33. The smallest absolute Gasteiger partial charge is 0.121 e. The number of rotatable bonds is 2. The predicted molar refractivity (Wildman–Crippen MR) is 61.4 cm³/mol. The molecule has 0 fully saturated rings. The van der Waals surface area contributed by atoms with Gasteiger partial charge in [0, 0.05) is 11.6 Å². The Hall–Kier alpha value is -0.890. The molecule has 14 heavy (non-hydrogen) atoms. The molecule has 1 aromatic carbocycles. The third-order valence-electron chi connectivity index (χ3n) is 1.68. The maximum Gasteiger partial charge on any atom is 0.121 e. The Morgan fingerprint density at radius 3 is 2.43 bits per heavy atom. The van der Waals surface area contributed by atoms with Crippen molar-refractivity contribution in [2.24, 2.45) is 0 Å². The average Bonchev–Trinajstić information content (AvgIpc) is 2.06. The number of halogens is 1. The fraction of sp³-hybridized carbons (Fsp3) is 0.455. The van der Waals surface area contributed by atoms with E-state index in [2.05, 4.69) is 26.1 Å². The highest BCUT2D eigenvalue weighted by atomic mass is 35.5. The van der Waals surface area contributed by atoms with Crippen LogP contribution in [-0.2, 0) is 0 Å². The monoisotopic (exact) mass is 213 g/mol. The van der Waals surface area contributed by atoms with Crippen molar-refractivity contribution in [1.29, 1.82) is 0 Å². The van der Waals surface area contributed by atoms with Crippen molar-refractivity contribution in [3.63, 3.8) is 0 Å². The molecule has 0 unspecified atom stereocenters. The van der Waals surface area contributed by atoms with E-state index < -0.39 is 0 Å². The molecule has 0 aromatic heterocycles. The molecule has 1 N–H and O–H groups in total. The molecule has 1 aromatic rings. The Balaban J connectivity index is 2.95. The first-order valence-corrected chi connectivity index (χ1v) is 4.92. The van der Waals surface area contributed by atoms with Gasteiger partial charge < -0.3 is 10.1 Å². The van der Waals surface area contributed by atoms with Crippen LogP contribution in [0.3, 0.4) is 0 Å². The van der Waals surface area contributed by atoms with Crippen molar-refractivity contribution in [1.82, 2.24) is 0 Å². The molecule has 0 aliphatic rings. The van der Waals surface area contributed by atoms with Gasteiger partial charge in [0.15, 0.2) is 0 Å². The molecular weight excluding hydrogens is 198 g/mol. The lowest BCUT2D eigenvalue weighted by Gasteiger charge is -2.23. The second kappa shape index (κ2) is 4.09. The maximum atomic E-state index is 6.04. The van der Waals surface area contributed by atoms with Gasteiger partial charge in [-0.1, -0.05) is 11.6 Å². The lowest BCUT2D eigenvalue weighted by molar-refractivity contribution is 0.415. The third kappa shape index (κ3) is 3.11. The van der Waals surface area contributed by atoms with Crippen LogP contribution in [0.5, 0.6) is 5.75 Å². The van der Waals surface area contributed by atoms with Gasteiger partial charge in [-0.15, -0.1) is 0 Å². The number of hydrogen-bond donors (Lipinski definition) is 1. The number of methoxy groups -OCH3 is 1. The number of hydrogen-bond acceptors (Lipinski definition) is 2. The summed E-state index contributed by atoms with van der Waals surface area (Å²) in [5.74, 6) is 0.807. The number of ether oxygens (including phenoxy) is 1. The molecule has 0 radical (unpaired) electrons. The number of anilines is 1. The Bertz CT molecular complexity index is 318. The molecule has 0 saturated carbocycles. The summed E-state index contributed by atoms with van der Waals surface area (Å²) in [6, 6.07) is 5.57. The van der Waals surface area contributed by atoms with E-state index in [-0.39, 0.29) is 5.54 Å². The molecule has 1 rings (SSSR count). The second-order valence-corrected chi connectivity index (χ2v) is 4.63. The molecule has 78 valence electrons. The molecule has 0 spiro atoms. The van der Waals surface area contributed by atoms with Crippen LogP contribution in [0.1, 0.15) is 20.8 Å². The molecule has 0 amide bonds. The van der Waals surface area contributed by atoms with Gasteiger partial charge in [-0.2, -0.15) is 0 Å². The first-order chi connectivity index (χ1) is 6.42. The fourth-order valence-electron chi connectivity index (χ4n) is 1.13. The van der Waals surface area contributed by atoms with Gasteiger partial charge in [-0.05, 0) is 32.9 Å².